The smallest absolute Gasteiger partial charge is 0.324 e. The van der Waals surface area contributed by atoms with Crippen LogP contribution in [0.15, 0.2) is 12.7 Å². The van der Waals surface area contributed by atoms with Crippen molar-refractivity contribution in [1.82, 2.24) is 10.2 Å². The quantitative estimate of drug-likeness (QED) is 0.527. The highest BCUT2D eigenvalue weighted by Crippen LogP contribution is 1.93. The molecule has 0 spiro atoms. The lowest BCUT2D eigenvalue weighted by Gasteiger charge is -2.19. The number of hydrogen-bond acceptors (Lipinski definition) is 4. The molecule has 96 valence electrons. The zero-order valence-corrected chi connectivity index (χ0v) is 9.39. The van der Waals surface area contributed by atoms with Crippen LogP contribution in [0.5, 0.6) is 0 Å². The van der Waals surface area contributed by atoms with Crippen LogP contribution in [0.2, 0.25) is 0 Å². The molecule has 0 aliphatic heterocycles. The molecule has 17 heavy (non-hydrogen) atoms. The molecule has 0 saturated carbocycles. The summed E-state index contributed by atoms with van der Waals surface area (Å²) in [6.07, 6.45) is 0.861. The second-order valence-corrected chi connectivity index (χ2v) is 3.21. The lowest BCUT2D eigenvalue weighted by Crippen LogP contribution is -2.44. The van der Waals surface area contributed by atoms with E-state index in [1.54, 1.807) is 0 Å². The molecular weight excluding hydrogens is 228 g/mol. The van der Waals surface area contributed by atoms with Crippen LogP contribution in [-0.4, -0.2) is 52.7 Å². The summed E-state index contributed by atoms with van der Waals surface area (Å²) in [5, 5.41) is 19.1. The molecule has 0 atom stereocenters. The highest BCUT2D eigenvalue weighted by Gasteiger charge is 2.15. The van der Waals surface area contributed by atoms with Crippen LogP contribution in [0, 0.1) is 0 Å². The van der Waals surface area contributed by atoms with Gasteiger partial charge in [-0.15, -0.1) is 6.58 Å². The van der Waals surface area contributed by atoms with Crippen LogP contribution >= 0.6 is 0 Å². The van der Waals surface area contributed by atoms with Crippen LogP contribution < -0.4 is 5.32 Å². The van der Waals surface area contributed by atoms with Crippen molar-refractivity contribution in [3.63, 3.8) is 0 Å². The minimum absolute atomic E-state index is 0.0735. The first-order valence-corrected chi connectivity index (χ1v) is 5.03. The molecule has 0 aromatic rings. The molecule has 3 N–H and O–H groups in total. The van der Waals surface area contributed by atoms with Crippen LogP contribution in [-0.2, 0) is 9.59 Å². The molecule has 0 rings (SSSR count). The molecule has 7 nitrogen and oxygen atoms in total. The molecule has 0 aliphatic carbocycles. The zero-order chi connectivity index (χ0) is 13.3. The first-order chi connectivity index (χ1) is 8.01. The lowest BCUT2D eigenvalue weighted by molar-refractivity contribution is -0.138. The number of nitrogens with zero attached hydrogens (tertiary/aromatic N) is 1. The Balaban J connectivity index is 4.14. The van der Waals surface area contributed by atoms with E-state index in [4.69, 9.17) is 10.2 Å². The lowest BCUT2D eigenvalue weighted by atomic mass is 10.3. The Morgan fingerprint density at radius 2 is 1.94 bits per heavy atom. The molecule has 0 bridgehead atoms. The van der Waals surface area contributed by atoms with Gasteiger partial charge in [-0.2, -0.15) is 0 Å². The molecule has 3 amide bonds. The van der Waals surface area contributed by atoms with Crippen molar-refractivity contribution in [2.45, 2.75) is 12.8 Å². The highest BCUT2D eigenvalue weighted by atomic mass is 16.4. The number of carboxylic acids is 1. The van der Waals surface area contributed by atoms with Gasteiger partial charge in [-0.1, -0.05) is 6.08 Å². The summed E-state index contributed by atoms with van der Waals surface area (Å²) in [5.41, 5.74) is 0. The van der Waals surface area contributed by atoms with Gasteiger partial charge in [0.2, 0.25) is 5.91 Å². The van der Waals surface area contributed by atoms with Gasteiger partial charge in [-0.25, -0.2) is 4.79 Å². The fraction of sp³-hybridized carbons (Fsp3) is 0.500. The molecular formula is C10H16N2O5. The van der Waals surface area contributed by atoms with Gasteiger partial charge in [-0.3, -0.25) is 14.9 Å². The maximum atomic E-state index is 11.5. The van der Waals surface area contributed by atoms with Crippen LogP contribution in [0.1, 0.15) is 12.8 Å². The van der Waals surface area contributed by atoms with Crippen molar-refractivity contribution in [3.8, 4) is 0 Å². The second kappa shape index (κ2) is 8.28. The molecule has 0 unspecified atom stereocenters. The third kappa shape index (κ3) is 7.07. The van der Waals surface area contributed by atoms with Crippen LogP contribution in [0.4, 0.5) is 4.79 Å². The molecule has 7 heteroatoms. The molecule has 0 heterocycles. The number of imide groups is 1. The molecule has 0 fully saturated rings. The second-order valence-electron chi connectivity index (χ2n) is 3.21. The van der Waals surface area contributed by atoms with Gasteiger partial charge < -0.3 is 15.1 Å². The van der Waals surface area contributed by atoms with E-state index in [0.717, 1.165) is 0 Å². The van der Waals surface area contributed by atoms with Crippen molar-refractivity contribution in [2.75, 3.05) is 19.7 Å². The first-order valence-electron chi connectivity index (χ1n) is 5.03. The summed E-state index contributed by atoms with van der Waals surface area (Å²) in [4.78, 5) is 34.0. The number of aliphatic hydroxyl groups is 1. The summed E-state index contributed by atoms with van der Waals surface area (Å²) in [5.74, 6) is -1.77. The number of carbonyl (C=O) groups is 3. The van der Waals surface area contributed by atoms with Gasteiger partial charge in [-0.05, 0) is 0 Å². The first kappa shape index (κ1) is 15.1. The van der Waals surface area contributed by atoms with Gasteiger partial charge in [0.05, 0.1) is 13.0 Å². The van der Waals surface area contributed by atoms with E-state index in [2.05, 4.69) is 6.58 Å². The monoisotopic (exact) mass is 244 g/mol. The Morgan fingerprint density at radius 3 is 2.41 bits per heavy atom. The minimum Gasteiger partial charge on any atom is -0.481 e. The third-order valence-corrected chi connectivity index (χ3v) is 1.82. The largest absolute Gasteiger partial charge is 0.481 e. The van der Waals surface area contributed by atoms with E-state index in [9.17, 15) is 14.4 Å². The number of carboxylic acid groups (broad SMARTS) is 1. The van der Waals surface area contributed by atoms with Crippen LogP contribution in [0.25, 0.3) is 0 Å². The van der Waals surface area contributed by atoms with Gasteiger partial charge in [0.25, 0.3) is 0 Å². The number of urea groups is 1. The molecule has 0 aromatic carbocycles. The number of amides is 3. The number of aliphatic carboxylic acids is 1. The van der Waals surface area contributed by atoms with Crippen molar-refractivity contribution in [1.29, 1.82) is 0 Å². The average Bonchev–Trinajstić information content (AvgIpc) is 2.26. The number of carbonyl (C=O) groups excluding carboxylic acids is 2. The predicted octanol–water partition coefficient (Wildman–Crippen LogP) is -0.432. The van der Waals surface area contributed by atoms with E-state index in [-0.39, 0.29) is 32.5 Å². The number of nitrogens with one attached hydrogen (secondary N) is 1. The zero-order valence-electron chi connectivity index (χ0n) is 9.39. The summed E-state index contributed by atoms with van der Waals surface area (Å²) >= 11 is 0. The number of rotatable bonds is 7. The Kier molecular flexibility index (Phi) is 7.36. The summed E-state index contributed by atoms with van der Waals surface area (Å²) in [6, 6.07) is -0.672. The number of aliphatic hydroxyl groups excluding tert-OH is 1. The minimum atomic E-state index is -1.11. The fourth-order valence-corrected chi connectivity index (χ4v) is 1.03. The maximum absolute atomic E-state index is 11.5. The molecule has 0 radical (unpaired) electrons. The van der Waals surface area contributed by atoms with E-state index < -0.39 is 17.9 Å². The van der Waals surface area contributed by atoms with Crippen molar-refractivity contribution in [3.05, 3.63) is 12.7 Å². The Hall–Kier alpha value is -1.89. The van der Waals surface area contributed by atoms with Gasteiger partial charge in [0.1, 0.15) is 0 Å². The molecule has 0 aliphatic rings. The summed E-state index contributed by atoms with van der Waals surface area (Å²) in [6.45, 7) is 3.47. The van der Waals surface area contributed by atoms with E-state index in [1.807, 2.05) is 5.32 Å². The molecule has 0 aromatic heterocycles. The highest BCUT2D eigenvalue weighted by molar-refractivity contribution is 5.95. The third-order valence-electron chi connectivity index (χ3n) is 1.82. The fourth-order valence-electron chi connectivity index (χ4n) is 1.03. The van der Waals surface area contributed by atoms with E-state index >= 15 is 0 Å². The Labute approximate surface area is 98.7 Å². The average molecular weight is 244 g/mol. The predicted molar refractivity (Wildman–Crippen MR) is 59.3 cm³/mol. The van der Waals surface area contributed by atoms with Gasteiger partial charge >= 0.3 is 12.0 Å². The normalized spacial score (nSPS) is 9.47. The number of hydrogen-bond donors (Lipinski definition) is 3. The van der Waals surface area contributed by atoms with E-state index in [1.165, 1.54) is 11.0 Å². The Morgan fingerprint density at radius 1 is 1.29 bits per heavy atom. The van der Waals surface area contributed by atoms with Crippen molar-refractivity contribution >= 4 is 17.9 Å². The van der Waals surface area contributed by atoms with Crippen LogP contribution in [0.3, 0.4) is 0 Å². The standard InChI is InChI=1S/C10H16N2O5/c1-2-5-12(6-7-13)10(17)11-8(14)3-4-9(15)16/h2,13H,1,3-7H2,(H,15,16)(H,11,14,17). The maximum Gasteiger partial charge on any atom is 0.324 e. The summed E-state index contributed by atoms with van der Waals surface area (Å²) in [7, 11) is 0. The molecule has 0 saturated heterocycles. The Bertz CT molecular complexity index is 303. The van der Waals surface area contributed by atoms with E-state index in [0.29, 0.717) is 0 Å². The summed E-state index contributed by atoms with van der Waals surface area (Å²) < 4.78 is 0. The van der Waals surface area contributed by atoms with Gasteiger partial charge in [0, 0.05) is 19.5 Å². The SMILES string of the molecule is C=CCN(CCO)C(=O)NC(=O)CCC(=O)O. The van der Waals surface area contributed by atoms with Crippen molar-refractivity contribution < 1.29 is 24.6 Å². The topological polar surface area (TPSA) is 107 Å². The van der Waals surface area contributed by atoms with Crippen molar-refractivity contribution in [2.24, 2.45) is 0 Å². The van der Waals surface area contributed by atoms with Gasteiger partial charge in [0.15, 0.2) is 0 Å².